The molecule has 0 aromatic heterocycles. The summed E-state index contributed by atoms with van der Waals surface area (Å²) < 4.78 is 23.7. The van der Waals surface area contributed by atoms with Crippen LogP contribution in [0.2, 0.25) is 0 Å². The number of hydrogen-bond acceptors (Lipinski definition) is 4. The van der Waals surface area contributed by atoms with Crippen LogP contribution >= 0.6 is 11.8 Å². The minimum Gasteiger partial charge on any atom is -0.496 e. The van der Waals surface area contributed by atoms with Gasteiger partial charge in [0.25, 0.3) is 0 Å². The van der Waals surface area contributed by atoms with Crippen molar-refractivity contribution in [3.8, 4) is 5.75 Å². The highest BCUT2D eigenvalue weighted by Crippen LogP contribution is 2.32. The van der Waals surface area contributed by atoms with Crippen molar-refractivity contribution in [1.29, 1.82) is 0 Å². The summed E-state index contributed by atoms with van der Waals surface area (Å²) >= 11 is 1.53. The van der Waals surface area contributed by atoms with Gasteiger partial charge in [-0.25, -0.2) is 9.18 Å². The lowest BCUT2D eigenvalue weighted by Crippen LogP contribution is -2.11. The summed E-state index contributed by atoms with van der Waals surface area (Å²) in [6.07, 6.45) is 0.765. The molecule has 3 nitrogen and oxygen atoms in total. The first kappa shape index (κ1) is 18.3. The van der Waals surface area contributed by atoms with Gasteiger partial charge in [-0.2, -0.15) is 0 Å². The molecule has 2 aromatic rings. The van der Waals surface area contributed by atoms with E-state index in [0.717, 1.165) is 22.4 Å². The van der Waals surface area contributed by atoms with Crippen molar-refractivity contribution in [3.05, 3.63) is 58.9 Å². The molecule has 0 heterocycles. The molecule has 0 radical (unpaired) electrons. The average Bonchev–Trinajstić information content (AvgIpc) is 2.60. The minimum atomic E-state index is -0.376. The molecule has 0 atom stereocenters. The van der Waals surface area contributed by atoms with Gasteiger partial charge in [0.05, 0.1) is 13.7 Å². The second-order valence-electron chi connectivity index (χ2n) is 5.11. The van der Waals surface area contributed by atoms with Crippen LogP contribution in [-0.2, 0) is 16.9 Å². The number of rotatable bonds is 7. The molecule has 0 fully saturated rings. The lowest BCUT2D eigenvalue weighted by Gasteiger charge is -2.16. The van der Waals surface area contributed by atoms with Gasteiger partial charge in [0, 0.05) is 10.6 Å². The third kappa shape index (κ3) is 4.29. The van der Waals surface area contributed by atoms with E-state index in [1.807, 2.05) is 19.1 Å². The first-order chi connectivity index (χ1) is 11.6. The molecule has 128 valence electrons. The van der Waals surface area contributed by atoms with Crippen molar-refractivity contribution in [3.63, 3.8) is 0 Å². The Morgan fingerprint density at radius 3 is 2.33 bits per heavy atom. The number of aryl methyl sites for hydroxylation is 1. The number of halogens is 1. The topological polar surface area (TPSA) is 35.5 Å². The van der Waals surface area contributed by atoms with Crippen molar-refractivity contribution in [1.82, 2.24) is 0 Å². The van der Waals surface area contributed by atoms with Gasteiger partial charge in [-0.15, -0.1) is 11.8 Å². The fourth-order valence-corrected chi connectivity index (χ4v) is 3.31. The molecule has 0 saturated heterocycles. The van der Waals surface area contributed by atoms with Gasteiger partial charge in [-0.3, -0.25) is 0 Å². The van der Waals surface area contributed by atoms with E-state index in [4.69, 9.17) is 9.47 Å². The quantitative estimate of drug-likeness (QED) is 0.528. The van der Waals surface area contributed by atoms with Crippen molar-refractivity contribution in [2.75, 3.05) is 13.7 Å². The molecular formula is C19H21FO3S. The molecule has 0 amide bonds. The highest BCUT2D eigenvalue weighted by molar-refractivity contribution is 7.98. The van der Waals surface area contributed by atoms with E-state index in [1.165, 1.54) is 23.9 Å². The zero-order valence-electron chi connectivity index (χ0n) is 14.1. The summed E-state index contributed by atoms with van der Waals surface area (Å²) in [6.45, 7) is 4.10. The molecule has 2 rings (SSSR count). The second-order valence-corrected chi connectivity index (χ2v) is 6.16. The van der Waals surface area contributed by atoms with E-state index in [1.54, 1.807) is 26.2 Å². The third-order valence-corrected chi connectivity index (χ3v) is 4.66. The highest BCUT2D eigenvalue weighted by atomic mass is 32.2. The Labute approximate surface area is 146 Å². The SMILES string of the molecule is CCOC(=O)c1c(CSc2ccc(F)cc2)ccc(CC)c1OC. The molecule has 0 aliphatic rings. The van der Waals surface area contributed by atoms with Gasteiger partial charge in [0.1, 0.15) is 17.1 Å². The summed E-state index contributed by atoms with van der Waals surface area (Å²) in [4.78, 5) is 13.3. The van der Waals surface area contributed by atoms with E-state index < -0.39 is 0 Å². The molecule has 0 bridgehead atoms. The number of benzene rings is 2. The molecule has 5 heteroatoms. The Balaban J connectivity index is 2.33. The first-order valence-electron chi connectivity index (χ1n) is 7.84. The van der Waals surface area contributed by atoms with Crippen molar-refractivity contribution in [2.45, 2.75) is 30.9 Å². The molecule has 2 aromatic carbocycles. The third-order valence-electron chi connectivity index (χ3n) is 3.60. The highest BCUT2D eigenvalue weighted by Gasteiger charge is 2.21. The maximum absolute atomic E-state index is 13.0. The number of esters is 1. The fraction of sp³-hybridized carbons (Fsp3) is 0.316. The van der Waals surface area contributed by atoms with Crippen molar-refractivity contribution < 1.29 is 18.7 Å². The zero-order valence-corrected chi connectivity index (χ0v) is 14.9. The maximum atomic E-state index is 13.0. The molecule has 24 heavy (non-hydrogen) atoms. The molecular weight excluding hydrogens is 327 g/mol. The van der Waals surface area contributed by atoms with Gasteiger partial charge in [-0.05, 0) is 48.7 Å². The van der Waals surface area contributed by atoms with E-state index in [-0.39, 0.29) is 11.8 Å². The monoisotopic (exact) mass is 348 g/mol. The Morgan fingerprint density at radius 1 is 1.08 bits per heavy atom. The molecule has 0 unspecified atom stereocenters. The van der Waals surface area contributed by atoms with Crippen LogP contribution < -0.4 is 4.74 Å². The predicted molar refractivity (Wildman–Crippen MR) is 94.3 cm³/mol. The summed E-state index contributed by atoms with van der Waals surface area (Å²) in [7, 11) is 1.56. The Morgan fingerprint density at radius 2 is 1.75 bits per heavy atom. The van der Waals surface area contributed by atoms with Crippen molar-refractivity contribution >= 4 is 17.7 Å². The standard InChI is InChI=1S/C19H21FO3S/c1-4-13-6-7-14(12-24-16-10-8-15(20)9-11-16)17(18(13)22-3)19(21)23-5-2/h6-11H,4-5,12H2,1-3H3. The van der Waals surface area contributed by atoms with Crippen LogP contribution in [0.15, 0.2) is 41.3 Å². The smallest absolute Gasteiger partial charge is 0.342 e. The normalized spacial score (nSPS) is 10.5. The zero-order chi connectivity index (χ0) is 17.5. The van der Waals surface area contributed by atoms with E-state index in [2.05, 4.69) is 0 Å². The van der Waals surface area contributed by atoms with Crippen LogP contribution in [0.3, 0.4) is 0 Å². The molecule has 0 saturated carbocycles. The summed E-state index contributed by atoms with van der Waals surface area (Å²) in [5.74, 6) is 0.508. The fourth-order valence-electron chi connectivity index (χ4n) is 2.42. The number of thioether (sulfide) groups is 1. The molecule has 0 spiro atoms. The van der Waals surface area contributed by atoms with Crippen LogP contribution in [0.1, 0.15) is 35.3 Å². The lowest BCUT2D eigenvalue weighted by molar-refractivity contribution is 0.0521. The Hall–Kier alpha value is -2.01. The van der Waals surface area contributed by atoms with Gasteiger partial charge in [0.15, 0.2) is 0 Å². The van der Waals surface area contributed by atoms with E-state index in [0.29, 0.717) is 23.7 Å². The van der Waals surface area contributed by atoms with Gasteiger partial charge < -0.3 is 9.47 Å². The lowest BCUT2D eigenvalue weighted by atomic mass is 10.0. The number of methoxy groups -OCH3 is 1. The van der Waals surface area contributed by atoms with Crippen LogP contribution in [0.5, 0.6) is 5.75 Å². The molecule has 0 N–H and O–H groups in total. The van der Waals surface area contributed by atoms with Crippen LogP contribution in [0.25, 0.3) is 0 Å². The van der Waals surface area contributed by atoms with Crippen molar-refractivity contribution in [2.24, 2.45) is 0 Å². The Bertz CT molecular complexity index is 699. The molecule has 0 aliphatic heterocycles. The number of carbonyl (C=O) groups excluding carboxylic acids is 1. The van der Waals surface area contributed by atoms with E-state index >= 15 is 0 Å². The predicted octanol–water partition coefficient (Wildman–Crippen LogP) is 4.87. The largest absolute Gasteiger partial charge is 0.496 e. The number of carbonyl (C=O) groups is 1. The Kier molecular flexibility index (Phi) is 6.67. The average molecular weight is 348 g/mol. The van der Waals surface area contributed by atoms with Crippen LogP contribution in [0.4, 0.5) is 4.39 Å². The van der Waals surface area contributed by atoms with Crippen LogP contribution in [-0.4, -0.2) is 19.7 Å². The summed E-state index contributed by atoms with van der Waals surface area (Å²) in [5.41, 5.74) is 2.29. The second kappa shape index (κ2) is 8.73. The van der Waals surface area contributed by atoms with Gasteiger partial charge in [0.2, 0.25) is 0 Å². The number of ether oxygens (including phenoxy) is 2. The maximum Gasteiger partial charge on any atom is 0.342 e. The first-order valence-corrected chi connectivity index (χ1v) is 8.83. The van der Waals surface area contributed by atoms with E-state index in [9.17, 15) is 9.18 Å². The summed E-state index contributed by atoms with van der Waals surface area (Å²) in [6, 6.07) is 10.2. The van der Waals surface area contributed by atoms with Gasteiger partial charge >= 0.3 is 5.97 Å². The molecule has 0 aliphatic carbocycles. The summed E-state index contributed by atoms with van der Waals surface area (Å²) in [5, 5.41) is 0. The van der Waals surface area contributed by atoms with Crippen LogP contribution in [0, 0.1) is 5.82 Å². The van der Waals surface area contributed by atoms with Gasteiger partial charge in [-0.1, -0.05) is 19.1 Å². The number of hydrogen-bond donors (Lipinski definition) is 0. The minimum absolute atomic E-state index is 0.263.